The molecule has 1 aliphatic rings. The van der Waals surface area contributed by atoms with E-state index in [1.165, 1.54) is 0 Å². The number of hydrogen-bond acceptors (Lipinski definition) is 5. The van der Waals surface area contributed by atoms with Gasteiger partial charge in [0.1, 0.15) is 0 Å². The van der Waals surface area contributed by atoms with Crippen LogP contribution in [-0.4, -0.2) is 23.8 Å². The fraction of sp³-hybridized carbons (Fsp3) is 0.625. The van der Waals surface area contributed by atoms with Gasteiger partial charge in [-0.2, -0.15) is 0 Å². The molecule has 0 bridgehead atoms. The Hall–Kier alpha value is -0.760. The number of carbonyl (C=O) groups excluding carboxylic acids is 1. The highest BCUT2D eigenvalue weighted by atomic mass is 79.9. The van der Waals surface area contributed by atoms with E-state index in [1.54, 1.807) is 11.3 Å². The van der Waals surface area contributed by atoms with Crippen LogP contribution in [0.15, 0.2) is 15.4 Å². The molecule has 1 fully saturated rings. The third-order valence-corrected chi connectivity index (χ3v) is 4.88. The van der Waals surface area contributed by atoms with E-state index in [2.05, 4.69) is 32.5 Å². The van der Waals surface area contributed by atoms with E-state index in [0.717, 1.165) is 54.6 Å². The summed E-state index contributed by atoms with van der Waals surface area (Å²) >= 11 is 4.93. The van der Waals surface area contributed by atoms with Gasteiger partial charge in [-0.25, -0.2) is 15.3 Å². The van der Waals surface area contributed by atoms with Crippen molar-refractivity contribution in [3.63, 3.8) is 0 Å². The molecule has 0 aromatic carbocycles. The van der Waals surface area contributed by atoms with Gasteiger partial charge in [0, 0.05) is 24.8 Å². The molecule has 1 N–H and O–H groups in total. The molecule has 0 radical (unpaired) electrons. The van der Waals surface area contributed by atoms with Crippen LogP contribution in [0.1, 0.15) is 57.1 Å². The highest BCUT2D eigenvalue weighted by molar-refractivity contribution is 9.11. The van der Waals surface area contributed by atoms with Gasteiger partial charge < -0.3 is 4.74 Å². The van der Waals surface area contributed by atoms with Crippen molar-refractivity contribution in [2.24, 2.45) is 0 Å². The minimum Gasteiger partial charge on any atom is -0.350 e. The Morgan fingerprint density at radius 3 is 3.13 bits per heavy atom. The van der Waals surface area contributed by atoms with Gasteiger partial charge in [-0.05, 0) is 54.1 Å². The summed E-state index contributed by atoms with van der Waals surface area (Å²) in [5.74, 6) is -0.0676. The maximum atomic E-state index is 11.6. The number of amides is 1. The highest BCUT2D eigenvalue weighted by Crippen LogP contribution is 2.17. The lowest BCUT2D eigenvalue weighted by atomic mass is 10.1. The van der Waals surface area contributed by atoms with Gasteiger partial charge in [-0.3, -0.25) is 4.79 Å². The Bertz CT molecular complexity index is 501. The molecule has 1 atom stereocenters. The minimum atomic E-state index is -0.274. The predicted octanol–water partition coefficient (Wildman–Crippen LogP) is 4.44. The zero-order chi connectivity index (χ0) is 16.3. The molecule has 1 aromatic heterocycles. The second kappa shape index (κ2) is 10.9. The summed E-state index contributed by atoms with van der Waals surface area (Å²) in [5, 5.41) is 2.01. The van der Waals surface area contributed by atoms with Crippen LogP contribution < -0.4 is 5.48 Å². The van der Waals surface area contributed by atoms with Gasteiger partial charge in [-0.15, -0.1) is 11.3 Å². The van der Waals surface area contributed by atoms with Crippen LogP contribution in [0.4, 0.5) is 0 Å². The Morgan fingerprint density at radius 1 is 1.48 bits per heavy atom. The Morgan fingerprint density at radius 2 is 2.39 bits per heavy atom. The van der Waals surface area contributed by atoms with Crippen molar-refractivity contribution < 1.29 is 14.4 Å². The number of ether oxygens (including phenoxy) is 1. The van der Waals surface area contributed by atoms with E-state index in [1.807, 2.05) is 11.5 Å². The number of carbonyl (C=O) groups is 1. The molecule has 2 heterocycles. The molecular weight excluding hydrogens is 380 g/mol. The lowest BCUT2D eigenvalue weighted by molar-refractivity contribution is -0.200. The van der Waals surface area contributed by atoms with Crippen molar-refractivity contribution in [1.82, 2.24) is 10.5 Å². The van der Waals surface area contributed by atoms with Crippen molar-refractivity contribution in [2.45, 2.75) is 57.7 Å². The van der Waals surface area contributed by atoms with Gasteiger partial charge in [-0.1, -0.05) is 12.5 Å². The molecule has 1 aliphatic heterocycles. The molecule has 0 saturated carbocycles. The van der Waals surface area contributed by atoms with Crippen molar-refractivity contribution in [1.29, 1.82) is 0 Å². The number of hydrogen-bond donors (Lipinski definition) is 1. The second-order valence-corrected chi connectivity index (χ2v) is 7.60. The Balaban J connectivity index is 1.45. The number of allylic oxidation sites excluding steroid dienone is 1. The summed E-state index contributed by atoms with van der Waals surface area (Å²) in [6.07, 6.45) is 11.4. The molecule has 1 saturated heterocycles. The minimum absolute atomic E-state index is 0.0676. The van der Waals surface area contributed by atoms with Gasteiger partial charge >= 0.3 is 0 Å². The van der Waals surface area contributed by atoms with Crippen LogP contribution in [0.5, 0.6) is 0 Å². The molecule has 128 valence electrons. The molecule has 1 unspecified atom stereocenters. The van der Waals surface area contributed by atoms with Gasteiger partial charge in [0.2, 0.25) is 5.91 Å². The number of nitrogens with one attached hydrogen (secondary N) is 1. The SMILES string of the molecule is O=C(CCCCC/C=C/c1csc(Br)n1)NOC1CCCCO1. The zero-order valence-electron chi connectivity index (χ0n) is 13.1. The number of rotatable bonds is 9. The standard InChI is InChI=1S/C16H23BrN2O3S/c17-16-18-13(12-23-16)8-4-2-1-3-5-9-14(20)19-22-15-10-6-7-11-21-15/h4,8,12,15H,1-3,5-7,9-11H2,(H,19,20)/b8-4+. The number of halogens is 1. The molecule has 1 aromatic rings. The van der Waals surface area contributed by atoms with E-state index in [9.17, 15) is 4.79 Å². The van der Waals surface area contributed by atoms with Crippen LogP contribution in [0.3, 0.4) is 0 Å². The quantitative estimate of drug-likeness (QED) is 0.489. The van der Waals surface area contributed by atoms with Gasteiger partial charge in [0.15, 0.2) is 10.2 Å². The number of hydroxylamine groups is 1. The first-order valence-corrected chi connectivity index (χ1v) is 9.75. The average Bonchev–Trinajstić information content (AvgIpc) is 2.98. The smallest absolute Gasteiger partial charge is 0.243 e. The molecule has 5 nitrogen and oxygen atoms in total. The van der Waals surface area contributed by atoms with Crippen LogP contribution in [-0.2, 0) is 14.4 Å². The molecule has 1 amide bonds. The summed E-state index contributed by atoms with van der Waals surface area (Å²) < 4.78 is 6.29. The first kappa shape index (κ1) is 18.6. The average molecular weight is 403 g/mol. The highest BCUT2D eigenvalue weighted by Gasteiger charge is 2.15. The molecular formula is C16H23BrN2O3S. The lowest BCUT2D eigenvalue weighted by Crippen LogP contribution is -2.32. The van der Waals surface area contributed by atoms with Crippen LogP contribution in [0, 0.1) is 0 Å². The summed E-state index contributed by atoms with van der Waals surface area (Å²) in [4.78, 5) is 21.2. The van der Waals surface area contributed by atoms with Crippen LogP contribution in [0.25, 0.3) is 6.08 Å². The Kier molecular flexibility index (Phi) is 8.81. The molecule has 23 heavy (non-hydrogen) atoms. The molecule has 2 rings (SSSR count). The summed E-state index contributed by atoms with van der Waals surface area (Å²) in [7, 11) is 0. The van der Waals surface area contributed by atoms with E-state index >= 15 is 0 Å². The topological polar surface area (TPSA) is 60.5 Å². The number of aromatic nitrogens is 1. The number of unbranched alkanes of at least 4 members (excludes halogenated alkanes) is 3. The number of nitrogens with zero attached hydrogens (tertiary/aromatic N) is 1. The first-order chi connectivity index (χ1) is 11.2. The monoisotopic (exact) mass is 402 g/mol. The van der Waals surface area contributed by atoms with E-state index in [4.69, 9.17) is 9.57 Å². The van der Waals surface area contributed by atoms with Gasteiger partial charge in [0.05, 0.1) is 5.69 Å². The molecule has 0 spiro atoms. The van der Waals surface area contributed by atoms with Crippen molar-refractivity contribution in [3.8, 4) is 0 Å². The Labute approximate surface area is 149 Å². The fourth-order valence-electron chi connectivity index (χ4n) is 2.25. The fourth-order valence-corrected chi connectivity index (χ4v) is 3.25. The van der Waals surface area contributed by atoms with Crippen molar-refractivity contribution in [2.75, 3.05) is 6.61 Å². The largest absolute Gasteiger partial charge is 0.350 e. The zero-order valence-corrected chi connectivity index (χ0v) is 15.5. The van der Waals surface area contributed by atoms with Gasteiger partial charge in [0.25, 0.3) is 0 Å². The van der Waals surface area contributed by atoms with E-state index < -0.39 is 0 Å². The van der Waals surface area contributed by atoms with E-state index in [0.29, 0.717) is 13.0 Å². The van der Waals surface area contributed by atoms with E-state index in [-0.39, 0.29) is 12.2 Å². The van der Waals surface area contributed by atoms with Crippen LogP contribution in [0.2, 0.25) is 0 Å². The second-order valence-electron chi connectivity index (χ2n) is 5.47. The summed E-state index contributed by atoms with van der Waals surface area (Å²) in [6, 6.07) is 0. The molecule has 0 aliphatic carbocycles. The third-order valence-electron chi connectivity index (χ3n) is 3.50. The lowest BCUT2D eigenvalue weighted by Gasteiger charge is -2.22. The predicted molar refractivity (Wildman–Crippen MR) is 94.8 cm³/mol. The third kappa shape index (κ3) is 8.06. The summed E-state index contributed by atoms with van der Waals surface area (Å²) in [6.45, 7) is 0.714. The maximum absolute atomic E-state index is 11.6. The normalized spacial score (nSPS) is 18.4. The first-order valence-electron chi connectivity index (χ1n) is 8.08. The van der Waals surface area contributed by atoms with Crippen molar-refractivity contribution >= 4 is 39.2 Å². The van der Waals surface area contributed by atoms with Crippen LogP contribution >= 0.6 is 27.3 Å². The van der Waals surface area contributed by atoms with Crippen molar-refractivity contribution in [3.05, 3.63) is 21.1 Å². The number of thiazole rings is 1. The maximum Gasteiger partial charge on any atom is 0.243 e. The molecule has 7 heteroatoms. The summed E-state index contributed by atoms with van der Waals surface area (Å²) in [5.41, 5.74) is 3.48.